The Morgan fingerprint density at radius 3 is 2.76 bits per heavy atom. The summed E-state index contributed by atoms with van der Waals surface area (Å²) in [6.45, 7) is -0.228. The van der Waals surface area contributed by atoms with E-state index in [9.17, 15) is 22.9 Å². The minimum atomic E-state index is -4.31. The van der Waals surface area contributed by atoms with Gasteiger partial charge in [0.2, 0.25) is 6.54 Å². The number of carboxylic acid groups (broad SMARTS) is 1. The molecule has 7 nitrogen and oxygen atoms in total. The lowest BCUT2D eigenvalue weighted by Crippen LogP contribution is -2.38. The minimum absolute atomic E-state index is 0.228. The summed E-state index contributed by atoms with van der Waals surface area (Å²) in [7, 11) is -4.31. The molecular weight excluding hydrogens is 544 g/mol. The SMILES string of the molecule is O=C(O)C[n+]1c(/C=C2\Sc3ccc(Cl)cc3N2CS(=O)(=O)O)sc2cc(Br)sc21. The summed E-state index contributed by atoms with van der Waals surface area (Å²) in [6, 6.07) is 7.02. The van der Waals surface area contributed by atoms with Gasteiger partial charge in [0.05, 0.1) is 20.6 Å². The standard InChI is InChI=1S/C16H10BrClN2O5S4/c17-12-4-11-16(28-12)19(6-15(21)22)13(27-11)5-14-20(7-29(23,24)25)9-3-8(18)1-2-10(9)26-14/h1-5H,6-7H2,(H-,21,22,23,24,25)/p+1. The van der Waals surface area contributed by atoms with Gasteiger partial charge in [0, 0.05) is 9.92 Å². The predicted molar refractivity (Wildman–Crippen MR) is 119 cm³/mol. The number of thiophene rings is 1. The maximum Gasteiger partial charge on any atom is 0.370 e. The molecule has 0 atom stereocenters. The normalized spacial score (nSPS) is 15.4. The van der Waals surface area contributed by atoms with Crippen molar-refractivity contribution in [2.24, 2.45) is 0 Å². The van der Waals surface area contributed by atoms with Crippen LogP contribution < -0.4 is 9.47 Å². The third kappa shape index (κ3) is 4.48. The fraction of sp³-hybridized carbons (Fsp3) is 0.125. The van der Waals surface area contributed by atoms with E-state index in [1.807, 2.05) is 6.07 Å². The number of benzene rings is 1. The van der Waals surface area contributed by atoms with Crippen LogP contribution in [0.1, 0.15) is 5.01 Å². The molecule has 0 unspecified atom stereocenters. The van der Waals surface area contributed by atoms with Gasteiger partial charge in [-0.05, 0) is 40.2 Å². The van der Waals surface area contributed by atoms with Gasteiger partial charge in [-0.2, -0.15) is 13.0 Å². The highest BCUT2D eigenvalue weighted by molar-refractivity contribution is 9.11. The maximum absolute atomic E-state index is 11.6. The quantitative estimate of drug-likeness (QED) is 0.354. The second kappa shape index (κ2) is 7.84. The first-order chi connectivity index (χ1) is 13.6. The van der Waals surface area contributed by atoms with Crippen molar-refractivity contribution in [1.82, 2.24) is 0 Å². The molecular formula is C16H11BrClN2O5S4+. The number of thioether (sulfide) groups is 1. The third-order valence-corrected chi connectivity index (χ3v) is 8.70. The van der Waals surface area contributed by atoms with E-state index in [-0.39, 0.29) is 6.54 Å². The molecule has 1 aliphatic rings. The molecule has 0 spiro atoms. The van der Waals surface area contributed by atoms with Gasteiger partial charge in [0.25, 0.3) is 20.0 Å². The zero-order valence-electron chi connectivity index (χ0n) is 14.2. The van der Waals surface area contributed by atoms with Crippen molar-refractivity contribution >= 4 is 99.3 Å². The highest BCUT2D eigenvalue weighted by Gasteiger charge is 2.31. The van der Waals surface area contributed by atoms with Crippen molar-refractivity contribution in [3.63, 3.8) is 0 Å². The molecule has 0 bridgehead atoms. The summed E-state index contributed by atoms with van der Waals surface area (Å²) in [4.78, 5) is 14.4. The van der Waals surface area contributed by atoms with Crippen molar-refractivity contribution in [2.75, 3.05) is 10.8 Å². The first kappa shape index (κ1) is 21.1. The number of thiazole rings is 1. The fourth-order valence-corrected chi connectivity index (χ4v) is 7.90. The lowest BCUT2D eigenvalue weighted by molar-refractivity contribution is -0.655. The van der Waals surface area contributed by atoms with E-state index < -0.39 is 22.0 Å². The van der Waals surface area contributed by atoms with E-state index in [1.165, 1.54) is 39.3 Å². The van der Waals surface area contributed by atoms with E-state index >= 15 is 0 Å². The van der Waals surface area contributed by atoms with Crippen LogP contribution in [-0.4, -0.2) is 29.9 Å². The molecule has 29 heavy (non-hydrogen) atoms. The van der Waals surface area contributed by atoms with Crippen molar-refractivity contribution in [3.05, 3.63) is 43.1 Å². The summed E-state index contributed by atoms with van der Waals surface area (Å²) in [5.74, 6) is -1.62. The number of anilines is 1. The zero-order chi connectivity index (χ0) is 20.9. The number of carboxylic acids is 1. The van der Waals surface area contributed by atoms with Crippen LogP contribution in [0.15, 0.2) is 38.0 Å². The van der Waals surface area contributed by atoms with Crippen LogP contribution in [0.3, 0.4) is 0 Å². The molecule has 3 aromatic rings. The molecule has 13 heteroatoms. The Hall–Kier alpha value is -1.15. The average molecular weight is 555 g/mol. The van der Waals surface area contributed by atoms with Gasteiger partial charge in [-0.1, -0.05) is 46.0 Å². The molecule has 2 N–H and O–H groups in total. The predicted octanol–water partition coefficient (Wildman–Crippen LogP) is 4.51. The Kier molecular flexibility index (Phi) is 5.70. The first-order valence-corrected chi connectivity index (χ1v) is 13.1. The summed E-state index contributed by atoms with van der Waals surface area (Å²) < 4.78 is 36.1. The van der Waals surface area contributed by atoms with Crippen molar-refractivity contribution in [2.45, 2.75) is 11.4 Å². The topological polar surface area (TPSA) is 98.8 Å². The zero-order valence-corrected chi connectivity index (χ0v) is 19.8. The Bertz CT molecular complexity index is 1280. The largest absolute Gasteiger partial charge is 0.477 e. The molecule has 0 fully saturated rings. The van der Waals surface area contributed by atoms with Crippen LogP contribution in [-0.2, 0) is 21.5 Å². The highest BCUT2D eigenvalue weighted by atomic mass is 79.9. The van der Waals surface area contributed by atoms with Gasteiger partial charge < -0.3 is 10.0 Å². The van der Waals surface area contributed by atoms with Crippen molar-refractivity contribution < 1.29 is 27.4 Å². The van der Waals surface area contributed by atoms with Crippen molar-refractivity contribution in [1.29, 1.82) is 0 Å². The molecule has 0 saturated carbocycles. The number of hydrogen-bond donors (Lipinski definition) is 2. The number of halogens is 2. The second-order valence-electron chi connectivity index (χ2n) is 5.98. The molecule has 1 aliphatic heterocycles. The lowest BCUT2D eigenvalue weighted by Gasteiger charge is -2.18. The molecule has 0 saturated heterocycles. The van der Waals surface area contributed by atoms with E-state index in [0.717, 1.165) is 18.2 Å². The monoisotopic (exact) mass is 553 g/mol. The van der Waals surface area contributed by atoms with Gasteiger partial charge in [0.15, 0.2) is 5.88 Å². The molecule has 1 aromatic carbocycles. The molecule has 3 heterocycles. The number of rotatable bonds is 5. The van der Waals surface area contributed by atoms with E-state index in [1.54, 1.807) is 28.8 Å². The highest BCUT2D eigenvalue weighted by Crippen LogP contribution is 2.48. The number of aliphatic carboxylic acids is 1. The van der Waals surface area contributed by atoms with Crippen LogP contribution in [0.4, 0.5) is 5.69 Å². The number of aromatic nitrogens is 1. The number of hydrogen-bond acceptors (Lipinski definition) is 7. The van der Waals surface area contributed by atoms with Crippen molar-refractivity contribution in [3.8, 4) is 0 Å². The average Bonchev–Trinajstić information content (AvgIpc) is 3.20. The number of carbonyl (C=O) groups is 1. The molecule has 2 aromatic heterocycles. The first-order valence-electron chi connectivity index (χ1n) is 7.86. The smallest absolute Gasteiger partial charge is 0.370 e. The van der Waals surface area contributed by atoms with Gasteiger partial charge in [0.1, 0.15) is 4.70 Å². The van der Waals surface area contributed by atoms with E-state index in [4.69, 9.17) is 11.6 Å². The lowest BCUT2D eigenvalue weighted by atomic mass is 10.3. The molecule has 0 radical (unpaired) electrons. The van der Waals surface area contributed by atoms with E-state index in [0.29, 0.717) is 20.7 Å². The Labute approximate surface area is 191 Å². The van der Waals surface area contributed by atoms with Gasteiger partial charge in [-0.15, -0.1) is 0 Å². The molecule has 4 rings (SSSR count). The molecule has 152 valence electrons. The second-order valence-corrected chi connectivity index (χ2v) is 12.4. The van der Waals surface area contributed by atoms with Crippen LogP contribution in [0.25, 0.3) is 15.6 Å². The van der Waals surface area contributed by atoms with Gasteiger partial charge in [-0.25, -0.2) is 4.79 Å². The van der Waals surface area contributed by atoms with Crippen LogP contribution in [0, 0.1) is 0 Å². The Morgan fingerprint density at radius 1 is 1.31 bits per heavy atom. The van der Waals surface area contributed by atoms with Gasteiger partial charge >= 0.3 is 5.97 Å². The summed E-state index contributed by atoms with van der Waals surface area (Å²) in [5, 5.41) is 11.0. The Balaban J connectivity index is 1.84. The summed E-state index contributed by atoms with van der Waals surface area (Å²) >= 11 is 13.6. The third-order valence-electron chi connectivity index (χ3n) is 3.90. The minimum Gasteiger partial charge on any atom is -0.477 e. The van der Waals surface area contributed by atoms with Crippen LogP contribution >= 0.6 is 62.0 Å². The van der Waals surface area contributed by atoms with Gasteiger partial charge in [-0.3, -0.25) is 4.55 Å². The molecule has 0 aliphatic carbocycles. The van der Waals surface area contributed by atoms with Crippen LogP contribution in [0.5, 0.6) is 0 Å². The number of nitrogens with zero attached hydrogens (tertiary/aromatic N) is 2. The maximum atomic E-state index is 11.6. The fourth-order valence-electron chi connectivity index (χ4n) is 2.84. The summed E-state index contributed by atoms with van der Waals surface area (Å²) in [6.07, 6.45) is 1.73. The summed E-state index contributed by atoms with van der Waals surface area (Å²) in [5.41, 5.74) is 0.567. The van der Waals surface area contributed by atoms with E-state index in [2.05, 4.69) is 15.9 Å². The Morgan fingerprint density at radius 2 is 2.07 bits per heavy atom. The number of fused-ring (bicyclic) bond motifs is 2. The molecule has 0 amide bonds. The van der Waals surface area contributed by atoms with Crippen LogP contribution in [0.2, 0.25) is 5.02 Å².